The average molecular weight is 581 g/mol. The standard InChI is InChI=1S/C25H29F5N2O4S2/c26-19-5-8-23(27)22(17-19)24(38(35,36)21-6-3-18(4-7-21)25(28,29)30)11-9-20(10-12-24)31-37(33,34)16-15-32-13-1-2-14-32/h3-8,17,20,31H,1-2,9-16H2/t20-,24+. The number of benzene rings is 2. The Bertz CT molecular complexity index is 1350. The summed E-state index contributed by atoms with van der Waals surface area (Å²) in [6.07, 6.45) is -3.13. The minimum absolute atomic E-state index is 0.0127. The maximum Gasteiger partial charge on any atom is 0.416 e. The van der Waals surface area contributed by atoms with Crippen molar-refractivity contribution in [3.8, 4) is 0 Å². The summed E-state index contributed by atoms with van der Waals surface area (Å²) in [5, 5.41) is 0. The molecule has 4 rings (SSSR count). The molecule has 6 nitrogen and oxygen atoms in total. The van der Waals surface area contributed by atoms with Crippen molar-refractivity contribution in [3.05, 3.63) is 65.2 Å². The van der Waals surface area contributed by atoms with E-state index in [1.807, 2.05) is 0 Å². The lowest BCUT2D eigenvalue weighted by molar-refractivity contribution is -0.137. The van der Waals surface area contributed by atoms with Gasteiger partial charge in [0.25, 0.3) is 0 Å². The predicted octanol–water partition coefficient (Wildman–Crippen LogP) is 4.61. The first-order valence-corrected chi connectivity index (χ1v) is 15.5. The van der Waals surface area contributed by atoms with Gasteiger partial charge in [0.1, 0.15) is 16.4 Å². The van der Waals surface area contributed by atoms with E-state index < -0.39 is 64.5 Å². The summed E-state index contributed by atoms with van der Waals surface area (Å²) >= 11 is 0. The van der Waals surface area contributed by atoms with Crippen LogP contribution in [0.25, 0.3) is 0 Å². The minimum Gasteiger partial charge on any atom is -0.302 e. The number of likely N-dealkylation sites (tertiary alicyclic amines) is 1. The lowest BCUT2D eigenvalue weighted by Crippen LogP contribution is -2.47. The van der Waals surface area contributed by atoms with Gasteiger partial charge in [-0.05, 0) is 94.1 Å². The SMILES string of the molecule is O=S(=O)(CCN1CCCC1)N[C@H]1CC[C@@](c2cc(F)ccc2F)(S(=O)(=O)c2ccc(C(F)(F)F)cc2)CC1. The molecule has 13 heteroatoms. The molecule has 2 fully saturated rings. The Morgan fingerprint density at radius 1 is 0.921 bits per heavy atom. The Kier molecular flexibility index (Phi) is 8.23. The molecule has 0 spiro atoms. The van der Waals surface area contributed by atoms with Crippen LogP contribution < -0.4 is 4.72 Å². The third kappa shape index (κ3) is 6.05. The van der Waals surface area contributed by atoms with Crippen LogP contribution in [0.4, 0.5) is 22.0 Å². The van der Waals surface area contributed by atoms with Crippen LogP contribution in [0.15, 0.2) is 47.4 Å². The smallest absolute Gasteiger partial charge is 0.302 e. The minimum atomic E-state index is -4.68. The van der Waals surface area contributed by atoms with Gasteiger partial charge in [-0.1, -0.05) is 0 Å². The molecule has 0 unspecified atom stereocenters. The number of nitrogens with one attached hydrogen (secondary N) is 1. The van der Waals surface area contributed by atoms with Crippen LogP contribution in [-0.4, -0.2) is 53.2 Å². The summed E-state index contributed by atoms with van der Waals surface area (Å²) in [6.45, 7) is 2.05. The van der Waals surface area contributed by atoms with E-state index in [1.54, 1.807) is 0 Å². The summed E-state index contributed by atoms with van der Waals surface area (Å²) in [6, 6.07) is 4.70. The highest BCUT2D eigenvalue weighted by molar-refractivity contribution is 7.92. The van der Waals surface area contributed by atoms with E-state index in [4.69, 9.17) is 0 Å². The molecule has 2 aromatic carbocycles. The third-order valence-electron chi connectivity index (χ3n) is 7.44. The van der Waals surface area contributed by atoms with Crippen LogP contribution in [-0.2, 0) is 30.8 Å². The average Bonchev–Trinajstić information content (AvgIpc) is 3.38. The van der Waals surface area contributed by atoms with E-state index in [-0.39, 0.29) is 31.4 Å². The maximum atomic E-state index is 15.0. The molecule has 1 N–H and O–H groups in total. The van der Waals surface area contributed by atoms with Gasteiger partial charge in [0.15, 0.2) is 9.84 Å². The molecule has 2 aromatic rings. The fraction of sp³-hybridized carbons (Fsp3) is 0.520. The van der Waals surface area contributed by atoms with E-state index >= 15 is 0 Å². The van der Waals surface area contributed by atoms with Gasteiger partial charge >= 0.3 is 6.18 Å². The molecule has 38 heavy (non-hydrogen) atoms. The topological polar surface area (TPSA) is 83.6 Å². The van der Waals surface area contributed by atoms with E-state index in [1.165, 1.54) is 0 Å². The van der Waals surface area contributed by atoms with Crippen molar-refractivity contribution in [3.63, 3.8) is 0 Å². The van der Waals surface area contributed by atoms with E-state index in [2.05, 4.69) is 9.62 Å². The molecule has 0 bridgehead atoms. The quantitative estimate of drug-likeness (QED) is 0.462. The van der Waals surface area contributed by atoms with E-state index in [9.17, 15) is 38.8 Å². The van der Waals surface area contributed by atoms with Gasteiger partial charge in [0.05, 0.1) is 16.2 Å². The Morgan fingerprint density at radius 3 is 2.11 bits per heavy atom. The number of hydrogen-bond acceptors (Lipinski definition) is 5. The predicted molar refractivity (Wildman–Crippen MR) is 132 cm³/mol. The van der Waals surface area contributed by atoms with Gasteiger partial charge in [-0.15, -0.1) is 0 Å². The summed E-state index contributed by atoms with van der Waals surface area (Å²) in [5.74, 6) is -1.95. The van der Waals surface area contributed by atoms with Crippen molar-refractivity contribution >= 4 is 19.9 Å². The largest absolute Gasteiger partial charge is 0.416 e. The number of rotatable bonds is 8. The van der Waals surface area contributed by atoms with Crippen molar-refractivity contribution in [1.82, 2.24) is 9.62 Å². The molecule has 210 valence electrons. The Balaban J connectivity index is 1.60. The van der Waals surface area contributed by atoms with Gasteiger partial charge in [0.2, 0.25) is 10.0 Å². The van der Waals surface area contributed by atoms with Crippen molar-refractivity contribution in [2.45, 2.75) is 60.4 Å². The molecule has 1 saturated carbocycles. The fourth-order valence-corrected chi connectivity index (χ4v) is 8.87. The zero-order valence-electron chi connectivity index (χ0n) is 20.5. The molecule has 1 aliphatic carbocycles. The summed E-state index contributed by atoms with van der Waals surface area (Å²) in [4.78, 5) is 1.59. The number of hydrogen-bond donors (Lipinski definition) is 1. The second-order valence-electron chi connectivity index (χ2n) is 9.90. The number of nitrogens with zero attached hydrogens (tertiary/aromatic N) is 1. The number of halogens is 5. The molecule has 0 atom stereocenters. The molecule has 0 aromatic heterocycles. The van der Waals surface area contributed by atoms with Crippen molar-refractivity contribution in [1.29, 1.82) is 0 Å². The van der Waals surface area contributed by atoms with Crippen molar-refractivity contribution < 1.29 is 38.8 Å². The normalized spacial score (nSPS) is 23.6. The first kappa shape index (κ1) is 28.9. The number of sulfonamides is 1. The van der Waals surface area contributed by atoms with Crippen LogP contribution in [0.2, 0.25) is 0 Å². The lowest BCUT2D eigenvalue weighted by Gasteiger charge is -2.40. The van der Waals surface area contributed by atoms with Gasteiger partial charge in [-0.25, -0.2) is 30.3 Å². The van der Waals surface area contributed by atoms with Gasteiger partial charge in [0, 0.05) is 18.2 Å². The number of alkyl halides is 3. The van der Waals surface area contributed by atoms with Crippen LogP contribution in [0.5, 0.6) is 0 Å². The highest BCUT2D eigenvalue weighted by atomic mass is 32.2. The summed E-state index contributed by atoms with van der Waals surface area (Å²) in [5.41, 5.74) is -1.47. The van der Waals surface area contributed by atoms with Crippen molar-refractivity contribution in [2.24, 2.45) is 0 Å². The number of sulfone groups is 1. The zero-order chi connectivity index (χ0) is 27.8. The Morgan fingerprint density at radius 2 is 1.53 bits per heavy atom. The van der Waals surface area contributed by atoms with Gasteiger partial charge in [-0.2, -0.15) is 13.2 Å². The van der Waals surface area contributed by atoms with Gasteiger partial charge in [-0.3, -0.25) is 0 Å². The maximum absolute atomic E-state index is 15.0. The van der Waals surface area contributed by atoms with Crippen LogP contribution in [0, 0.1) is 11.6 Å². The Labute approximate surface area is 219 Å². The van der Waals surface area contributed by atoms with E-state index in [0.29, 0.717) is 18.7 Å². The second kappa shape index (κ2) is 10.8. The molecular formula is C25H29F5N2O4S2. The first-order chi connectivity index (χ1) is 17.7. The van der Waals surface area contributed by atoms with Crippen LogP contribution in [0.3, 0.4) is 0 Å². The van der Waals surface area contributed by atoms with Crippen molar-refractivity contribution in [2.75, 3.05) is 25.4 Å². The highest BCUT2D eigenvalue weighted by Gasteiger charge is 2.50. The molecule has 2 aliphatic rings. The molecule has 0 amide bonds. The summed E-state index contributed by atoms with van der Waals surface area (Å²) in [7, 11) is -8.20. The van der Waals surface area contributed by atoms with Crippen LogP contribution >= 0.6 is 0 Å². The molecule has 0 radical (unpaired) electrons. The Hall–Kier alpha value is -2.09. The highest BCUT2D eigenvalue weighted by Crippen LogP contribution is 2.48. The molecule has 1 saturated heterocycles. The molecule has 1 aliphatic heterocycles. The molecule has 1 heterocycles. The lowest BCUT2D eigenvalue weighted by atomic mass is 9.80. The zero-order valence-corrected chi connectivity index (χ0v) is 22.1. The molecular weight excluding hydrogens is 551 g/mol. The van der Waals surface area contributed by atoms with Crippen LogP contribution in [0.1, 0.15) is 49.7 Å². The first-order valence-electron chi connectivity index (χ1n) is 12.3. The van der Waals surface area contributed by atoms with Gasteiger partial charge < -0.3 is 4.90 Å². The monoisotopic (exact) mass is 580 g/mol. The van der Waals surface area contributed by atoms with E-state index in [0.717, 1.165) is 56.3 Å². The fourth-order valence-electron chi connectivity index (χ4n) is 5.35. The third-order valence-corrected chi connectivity index (χ3v) is 11.4. The second-order valence-corrected chi connectivity index (χ2v) is 14.0. The summed E-state index contributed by atoms with van der Waals surface area (Å²) < 4.78 is 122.